The van der Waals surface area contributed by atoms with Crippen molar-refractivity contribution in [1.29, 1.82) is 0 Å². The third-order valence-corrected chi connectivity index (χ3v) is 7.20. The van der Waals surface area contributed by atoms with Crippen LogP contribution in [0.1, 0.15) is 18.9 Å². The Labute approximate surface area is 194 Å². The summed E-state index contributed by atoms with van der Waals surface area (Å²) in [6.45, 7) is 2.43. The molecule has 0 spiro atoms. The minimum atomic E-state index is -2.19. The molecule has 0 bridgehead atoms. The summed E-state index contributed by atoms with van der Waals surface area (Å²) >= 11 is 0. The molecule has 4 rings (SSSR count). The van der Waals surface area contributed by atoms with Gasteiger partial charge in [-0.25, -0.2) is 0 Å². The van der Waals surface area contributed by atoms with Gasteiger partial charge in [-0.1, -0.05) is 30.3 Å². The predicted octanol–water partition coefficient (Wildman–Crippen LogP) is -1.93. The van der Waals surface area contributed by atoms with Crippen molar-refractivity contribution in [3.8, 4) is 0 Å². The summed E-state index contributed by atoms with van der Waals surface area (Å²) in [5.74, 6) is -2.19. The lowest BCUT2D eigenvalue weighted by Crippen LogP contribution is -2.81. The van der Waals surface area contributed by atoms with Crippen LogP contribution in [0.5, 0.6) is 0 Å². The molecule has 2 heterocycles. The Morgan fingerprint density at radius 3 is 2.33 bits per heavy atom. The van der Waals surface area contributed by atoms with Gasteiger partial charge in [0.2, 0.25) is 12.1 Å². The molecule has 10 atom stereocenters. The first-order valence-corrected chi connectivity index (χ1v) is 11.6. The molecule has 1 unspecified atom stereocenters. The molecule has 1 aromatic rings. The van der Waals surface area contributed by atoms with E-state index in [1.54, 1.807) is 21.0 Å². The lowest BCUT2D eigenvalue weighted by atomic mass is 9.77. The van der Waals surface area contributed by atoms with Crippen molar-refractivity contribution in [2.24, 2.45) is 0 Å². The van der Waals surface area contributed by atoms with Gasteiger partial charge in [-0.15, -0.1) is 0 Å². The summed E-state index contributed by atoms with van der Waals surface area (Å²) in [5.41, 5.74) is -0.555. The highest BCUT2D eigenvalue weighted by molar-refractivity contribution is 5.15. The molecule has 3 fully saturated rings. The predicted molar refractivity (Wildman–Crippen MR) is 119 cm³/mol. The molecule has 1 aliphatic carbocycles. The molecule has 186 valence electrons. The van der Waals surface area contributed by atoms with E-state index in [0.717, 1.165) is 12.0 Å². The van der Waals surface area contributed by atoms with Crippen LogP contribution in [-0.4, -0.2) is 108 Å². The van der Waals surface area contributed by atoms with Gasteiger partial charge in [0.05, 0.1) is 24.3 Å². The van der Waals surface area contributed by atoms with Crippen LogP contribution in [0.3, 0.4) is 0 Å². The zero-order valence-electron chi connectivity index (χ0n) is 19.3. The zero-order valence-corrected chi connectivity index (χ0v) is 19.3. The normalized spacial score (nSPS) is 45.3. The summed E-state index contributed by atoms with van der Waals surface area (Å²) in [6.07, 6.45) is -4.76. The second-order valence-electron chi connectivity index (χ2n) is 9.42. The van der Waals surface area contributed by atoms with Gasteiger partial charge in [0.15, 0.2) is 0 Å². The molecule has 33 heavy (non-hydrogen) atoms. The Hall–Kier alpha value is -1.18. The quantitative estimate of drug-likeness (QED) is 0.226. The van der Waals surface area contributed by atoms with E-state index in [-0.39, 0.29) is 13.0 Å². The van der Waals surface area contributed by atoms with Gasteiger partial charge in [0, 0.05) is 13.0 Å². The highest BCUT2D eigenvalue weighted by Gasteiger charge is 2.68. The number of nitrogens with one attached hydrogen (secondary N) is 3. The molecule has 2 aliphatic heterocycles. The molecule has 10 heteroatoms. The molecule has 0 radical (unpaired) electrons. The fraction of sp³-hybridized carbons (Fsp3) is 0.739. The Balaban J connectivity index is 1.52. The van der Waals surface area contributed by atoms with Crippen LogP contribution in [0, 0.1) is 0 Å². The second kappa shape index (κ2) is 9.82. The molecular formula is C23H37N3O7. The maximum Gasteiger partial charge on any atom is 0.249 e. The van der Waals surface area contributed by atoms with Crippen LogP contribution < -0.4 is 16.0 Å². The number of hydrogen-bond acceptors (Lipinski definition) is 10. The van der Waals surface area contributed by atoms with E-state index in [0.29, 0.717) is 6.54 Å². The maximum absolute atomic E-state index is 11.6. The second-order valence-corrected chi connectivity index (χ2v) is 9.42. The Kier molecular flexibility index (Phi) is 7.42. The van der Waals surface area contributed by atoms with Gasteiger partial charge in [-0.2, -0.15) is 0 Å². The van der Waals surface area contributed by atoms with E-state index in [2.05, 4.69) is 16.0 Å². The monoisotopic (exact) mass is 467 g/mol. The van der Waals surface area contributed by atoms with Crippen molar-refractivity contribution in [2.45, 2.75) is 80.0 Å². The Morgan fingerprint density at radius 1 is 0.970 bits per heavy atom. The highest BCUT2D eigenvalue weighted by atomic mass is 16.8. The van der Waals surface area contributed by atoms with Crippen LogP contribution in [0.25, 0.3) is 0 Å². The van der Waals surface area contributed by atoms with Gasteiger partial charge in [-0.3, -0.25) is 0 Å². The summed E-state index contributed by atoms with van der Waals surface area (Å²) in [6, 6.07) is 8.65. The number of ether oxygens (including phenoxy) is 3. The SMILES string of the molecule is CN[C@@H]1[C@H](O)[C@H](NC)[C@H]2O[C@]3(O)[C@H](OC2[C@H]1O)O[C@H](C)C[C@@]3(O)CNCCc1ccccc1. The number of benzene rings is 1. The molecule has 1 aromatic carbocycles. The molecule has 1 saturated carbocycles. The van der Waals surface area contributed by atoms with Gasteiger partial charge >= 0.3 is 0 Å². The van der Waals surface area contributed by atoms with Gasteiger partial charge < -0.3 is 50.6 Å². The minimum Gasteiger partial charge on any atom is -0.390 e. The van der Waals surface area contributed by atoms with E-state index >= 15 is 0 Å². The van der Waals surface area contributed by atoms with E-state index in [1.165, 1.54) is 0 Å². The average molecular weight is 468 g/mol. The first-order valence-electron chi connectivity index (χ1n) is 11.6. The van der Waals surface area contributed by atoms with Crippen molar-refractivity contribution in [3.05, 3.63) is 35.9 Å². The minimum absolute atomic E-state index is 0.0513. The number of fused-ring (bicyclic) bond motifs is 2. The molecule has 3 aliphatic rings. The lowest BCUT2D eigenvalue weighted by molar-refractivity contribution is -0.482. The third kappa shape index (κ3) is 4.45. The molecule has 0 aromatic heterocycles. The highest BCUT2D eigenvalue weighted by Crippen LogP contribution is 2.46. The van der Waals surface area contributed by atoms with Gasteiger partial charge in [-0.05, 0) is 39.5 Å². The molecular weight excluding hydrogens is 430 g/mol. The fourth-order valence-corrected chi connectivity index (χ4v) is 5.40. The average Bonchev–Trinajstić information content (AvgIpc) is 2.78. The first kappa shape index (κ1) is 24.9. The Morgan fingerprint density at radius 2 is 1.67 bits per heavy atom. The van der Waals surface area contributed by atoms with Crippen molar-refractivity contribution >= 4 is 0 Å². The number of aliphatic hydroxyl groups excluding tert-OH is 2. The molecule has 0 amide bonds. The summed E-state index contributed by atoms with van der Waals surface area (Å²) < 4.78 is 18.0. The fourth-order valence-electron chi connectivity index (χ4n) is 5.40. The lowest BCUT2D eigenvalue weighted by Gasteiger charge is -2.60. The van der Waals surface area contributed by atoms with Crippen molar-refractivity contribution < 1.29 is 34.6 Å². The number of aliphatic hydroxyl groups is 4. The molecule has 2 saturated heterocycles. The maximum atomic E-state index is 11.6. The summed E-state index contributed by atoms with van der Waals surface area (Å²) in [5, 5.41) is 54.0. The molecule has 10 nitrogen and oxygen atoms in total. The van der Waals surface area contributed by atoms with E-state index in [1.807, 2.05) is 30.3 Å². The van der Waals surface area contributed by atoms with Crippen LogP contribution >= 0.6 is 0 Å². The topological polar surface area (TPSA) is 145 Å². The first-order chi connectivity index (χ1) is 15.7. The van der Waals surface area contributed by atoms with E-state index < -0.39 is 60.3 Å². The van der Waals surface area contributed by atoms with E-state index in [9.17, 15) is 20.4 Å². The third-order valence-electron chi connectivity index (χ3n) is 7.20. The summed E-state index contributed by atoms with van der Waals surface area (Å²) in [4.78, 5) is 0. The Bertz CT molecular complexity index is 789. The number of rotatable bonds is 7. The van der Waals surface area contributed by atoms with Gasteiger partial charge in [0.1, 0.15) is 23.9 Å². The van der Waals surface area contributed by atoms with Crippen LogP contribution in [0.15, 0.2) is 30.3 Å². The standard InChI is InChI=1S/C23H37N3O7/c1-13-11-22(29,12-26-10-9-14-7-5-4-6-8-14)23(30)21(31-13)32-20-18(28)15(24-2)17(27)16(25-3)19(20)33-23/h4-8,13,15-21,24-30H,9-12H2,1-3H3/t13-,15-,16+,17+,18+,19-,20?,21+,22-,23-/m1/s1. The largest absolute Gasteiger partial charge is 0.390 e. The van der Waals surface area contributed by atoms with Crippen LogP contribution in [-0.2, 0) is 20.6 Å². The number of hydrogen-bond donors (Lipinski definition) is 7. The van der Waals surface area contributed by atoms with Crippen LogP contribution in [0.2, 0.25) is 0 Å². The summed E-state index contributed by atoms with van der Waals surface area (Å²) in [7, 11) is 3.30. The smallest absolute Gasteiger partial charge is 0.249 e. The van der Waals surface area contributed by atoms with Crippen molar-refractivity contribution in [2.75, 3.05) is 27.2 Å². The van der Waals surface area contributed by atoms with Crippen molar-refractivity contribution in [1.82, 2.24) is 16.0 Å². The van der Waals surface area contributed by atoms with E-state index in [4.69, 9.17) is 14.2 Å². The van der Waals surface area contributed by atoms with Gasteiger partial charge in [0.25, 0.3) is 0 Å². The van der Waals surface area contributed by atoms with Crippen LogP contribution in [0.4, 0.5) is 0 Å². The molecule has 7 N–H and O–H groups in total. The van der Waals surface area contributed by atoms with Crippen molar-refractivity contribution in [3.63, 3.8) is 0 Å². The zero-order chi connectivity index (χ0) is 23.8. The number of likely N-dealkylation sites (N-methyl/N-ethyl adjacent to an activating group) is 2.